The van der Waals surface area contributed by atoms with Crippen molar-refractivity contribution in [1.29, 1.82) is 0 Å². The van der Waals surface area contributed by atoms with Crippen LogP contribution in [0.25, 0.3) is 10.9 Å². The minimum Gasteiger partial charge on any atom is -0.360 e. The monoisotopic (exact) mass is 256 g/mol. The predicted molar refractivity (Wildman–Crippen MR) is 77.5 cm³/mol. The highest BCUT2D eigenvalue weighted by Crippen LogP contribution is 2.20. The Morgan fingerprint density at radius 2 is 2.26 bits per heavy atom. The topological polar surface area (TPSA) is 36.1 Å². The molecule has 3 nitrogen and oxygen atoms in total. The van der Waals surface area contributed by atoms with E-state index in [2.05, 4.69) is 16.8 Å². The van der Waals surface area contributed by atoms with Crippen LogP contribution in [0.4, 0.5) is 0 Å². The van der Waals surface area contributed by atoms with Gasteiger partial charge in [0.1, 0.15) is 0 Å². The van der Waals surface area contributed by atoms with Gasteiger partial charge in [-0.1, -0.05) is 25.1 Å². The first kappa shape index (κ1) is 12.4. The first-order valence-electron chi connectivity index (χ1n) is 7.05. The van der Waals surface area contributed by atoms with Gasteiger partial charge in [0, 0.05) is 29.2 Å². The van der Waals surface area contributed by atoms with Crippen molar-refractivity contribution in [3.05, 3.63) is 36.0 Å². The summed E-state index contributed by atoms with van der Waals surface area (Å²) < 4.78 is 0. The quantitative estimate of drug-likeness (QED) is 0.857. The van der Waals surface area contributed by atoms with Gasteiger partial charge in [-0.15, -0.1) is 0 Å². The van der Waals surface area contributed by atoms with Crippen LogP contribution in [0.3, 0.4) is 0 Å². The molecule has 2 aromatic rings. The molecule has 1 N–H and O–H groups in total. The maximum absolute atomic E-state index is 12.4. The van der Waals surface area contributed by atoms with Crippen LogP contribution < -0.4 is 0 Å². The average Bonchev–Trinajstić information content (AvgIpc) is 2.82. The molecule has 1 fully saturated rings. The van der Waals surface area contributed by atoms with Crippen LogP contribution >= 0.6 is 0 Å². The zero-order chi connectivity index (χ0) is 13.2. The van der Waals surface area contributed by atoms with Crippen molar-refractivity contribution >= 4 is 16.7 Å². The van der Waals surface area contributed by atoms with Crippen molar-refractivity contribution in [2.45, 2.75) is 19.8 Å². The van der Waals surface area contributed by atoms with Gasteiger partial charge in [-0.3, -0.25) is 9.69 Å². The maximum atomic E-state index is 12.4. The van der Waals surface area contributed by atoms with E-state index in [0.717, 1.165) is 29.6 Å². The predicted octanol–water partition coefficient (Wildman–Crippen LogP) is 3.08. The van der Waals surface area contributed by atoms with Crippen LogP contribution in [0, 0.1) is 5.92 Å². The summed E-state index contributed by atoms with van der Waals surface area (Å²) in [4.78, 5) is 17.9. The van der Waals surface area contributed by atoms with Gasteiger partial charge in [-0.25, -0.2) is 0 Å². The van der Waals surface area contributed by atoms with Crippen molar-refractivity contribution in [1.82, 2.24) is 9.88 Å². The Morgan fingerprint density at radius 3 is 3.11 bits per heavy atom. The van der Waals surface area contributed by atoms with Crippen LogP contribution in [0.15, 0.2) is 30.5 Å². The molecule has 19 heavy (non-hydrogen) atoms. The highest BCUT2D eigenvalue weighted by Gasteiger charge is 2.20. The second-order valence-electron chi connectivity index (χ2n) is 5.65. The van der Waals surface area contributed by atoms with E-state index < -0.39 is 0 Å². The zero-order valence-electron chi connectivity index (χ0n) is 11.4. The Labute approximate surface area is 113 Å². The summed E-state index contributed by atoms with van der Waals surface area (Å²) >= 11 is 0. The van der Waals surface area contributed by atoms with Crippen molar-refractivity contribution in [2.75, 3.05) is 19.6 Å². The number of benzene rings is 1. The highest BCUT2D eigenvalue weighted by molar-refractivity contribution is 6.08. The van der Waals surface area contributed by atoms with Crippen LogP contribution in [0.2, 0.25) is 0 Å². The summed E-state index contributed by atoms with van der Waals surface area (Å²) in [5, 5.41) is 1.04. The number of likely N-dealkylation sites (tertiary alicyclic amines) is 1. The average molecular weight is 256 g/mol. The molecule has 1 aromatic carbocycles. The normalized spacial score (nSPS) is 20.8. The number of carbonyl (C=O) groups excluding carboxylic acids is 1. The number of hydrogen-bond donors (Lipinski definition) is 1. The smallest absolute Gasteiger partial charge is 0.178 e. The number of fused-ring (bicyclic) bond motifs is 1. The molecule has 0 saturated carbocycles. The number of Topliss-reactive ketones (excluding diaryl/α,β-unsaturated/α-hetero) is 1. The molecule has 3 heteroatoms. The third-order valence-electron chi connectivity index (χ3n) is 4.00. The van der Waals surface area contributed by atoms with Gasteiger partial charge in [0.05, 0.1) is 6.54 Å². The molecule has 100 valence electrons. The Hall–Kier alpha value is -1.61. The minimum atomic E-state index is 0.228. The van der Waals surface area contributed by atoms with E-state index in [-0.39, 0.29) is 5.78 Å². The number of aromatic amines is 1. The maximum Gasteiger partial charge on any atom is 0.178 e. The van der Waals surface area contributed by atoms with E-state index >= 15 is 0 Å². The van der Waals surface area contributed by atoms with Gasteiger partial charge in [-0.05, 0) is 31.4 Å². The fourth-order valence-corrected chi connectivity index (χ4v) is 3.02. The van der Waals surface area contributed by atoms with E-state index in [1.165, 1.54) is 12.8 Å². The molecule has 0 aliphatic carbocycles. The van der Waals surface area contributed by atoms with Crippen molar-refractivity contribution < 1.29 is 4.79 Å². The number of rotatable bonds is 3. The van der Waals surface area contributed by atoms with Crippen LogP contribution in [0.5, 0.6) is 0 Å². The molecule has 0 bridgehead atoms. The van der Waals surface area contributed by atoms with Gasteiger partial charge >= 0.3 is 0 Å². The molecule has 3 rings (SSSR count). The Kier molecular flexibility index (Phi) is 3.38. The summed E-state index contributed by atoms with van der Waals surface area (Å²) in [5.41, 5.74) is 1.87. The molecule has 0 unspecified atom stereocenters. The van der Waals surface area contributed by atoms with Crippen molar-refractivity contribution in [3.8, 4) is 0 Å². The molecule has 0 spiro atoms. The SMILES string of the molecule is C[C@H]1CCCN(CC(=O)c2c[nH]c3ccccc23)C1. The summed E-state index contributed by atoms with van der Waals surface area (Å²) in [7, 11) is 0. The number of nitrogens with zero attached hydrogens (tertiary/aromatic N) is 1. The highest BCUT2D eigenvalue weighted by atomic mass is 16.1. The lowest BCUT2D eigenvalue weighted by atomic mass is 9.99. The zero-order valence-corrected chi connectivity index (χ0v) is 11.4. The molecule has 2 heterocycles. The Balaban J connectivity index is 1.76. The van der Waals surface area contributed by atoms with Crippen LogP contribution in [-0.4, -0.2) is 35.3 Å². The number of nitrogens with one attached hydrogen (secondary N) is 1. The van der Waals surface area contributed by atoms with E-state index in [9.17, 15) is 4.79 Å². The van der Waals surface area contributed by atoms with E-state index in [0.29, 0.717) is 12.5 Å². The number of para-hydroxylation sites is 1. The number of ketones is 1. The number of piperidine rings is 1. The number of H-pyrrole nitrogens is 1. The Morgan fingerprint density at radius 1 is 1.42 bits per heavy atom. The lowest BCUT2D eigenvalue weighted by Crippen LogP contribution is -2.37. The largest absolute Gasteiger partial charge is 0.360 e. The summed E-state index contributed by atoms with van der Waals surface area (Å²) in [6, 6.07) is 7.99. The van der Waals surface area contributed by atoms with E-state index in [1.54, 1.807) is 0 Å². The van der Waals surface area contributed by atoms with E-state index in [4.69, 9.17) is 0 Å². The molecule has 1 aliphatic heterocycles. The first-order valence-corrected chi connectivity index (χ1v) is 7.05. The fraction of sp³-hybridized carbons (Fsp3) is 0.438. The molecule has 1 aromatic heterocycles. The Bertz CT molecular complexity index is 587. The molecular weight excluding hydrogens is 236 g/mol. The first-order chi connectivity index (χ1) is 9.24. The van der Waals surface area contributed by atoms with E-state index in [1.807, 2.05) is 30.5 Å². The third kappa shape index (κ3) is 2.56. The van der Waals surface area contributed by atoms with Crippen molar-refractivity contribution in [3.63, 3.8) is 0 Å². The molecule has 0 radical (unpaired) electrons. The van der Waals surface area contributed by atoms with Crippen LogP contribution in [0.1, 0.15) is 30.1 Å². The summed E-state index contributed by atoms with van der Waals surface area (Å²) in [6.45, 7) is 4.92. The van der Waals surface area contributed by atoms with Gasteiger partial charge in [0.25, 0.3) is 0 Å². The second-order valence-corrected chi connectivity index (χ2v) is 5.65. The van der Waals surface area contributed by atoms with Gasteiger partial charge < -0.3 is 4.98 Å². The molecular formula is C16H20N2O. The summed E-state index contributed by atoms with van der Waals surface area (Å²) in [6.07, 6.45) is 4.35. The van der Waals surface area contributed by atoms with Gasteiger partial charge in [0.15, 0.2) is 5.78 Å². The van der Waals surface area contributed by atoms with Crippen molar-refractivity contribution in [2.24, 2.45) is 5.92 Å². The molecule has 1 atom stereocenters. The number of aromatic nitrogens is 1. The summed E-state index contributed by atoms with van der Waals surface area (Å²) in [5.74, 6) is 0.941. The number of carbonyl (C=O) groups is 1. The second kappa shape index (κ2) is 5.17. The van der Waals surface area contributed by atoms with Gasteiger partial charge in [0.2, 0.25) is 0 Å². The third-order valence-corrected chi connectivity index (χ3v) is 4.00. The number of hydrogen-bond acceptors (Lipinski definition) is 2. The molecule has 1 aliphatic rings. The fourth-order valence-electron chi connectivity index (χ4n) is 3.02. The van der Waals surface area contributed by atoms with Crippen LogP contribution in [-0.2, 0) is 0 Å². The molecule has 0 amide bonds. The minimum absolute atomic E-state index is 0.228. The standard InChI is InChI=1S/C16H20N2O/c1-12-5-4-8-18(10-12)11-16(19)14-9-17-15-7-3-2-6-13(14)15/h2-3,6-7,9,12,17H,4-5,8,10-11H2,1H3/t12-/m0/s1. The lowest BCUT2D eigenvalue weighted by molar-refractivity contribution is 0.0894. The lowest BCUT2D eigenvalue weighted by Gasteiger charge is -2.30. The molecule has 1 saturated heterocycles. The van der Waals surface area contributed by atoms with Gasteiger partial charge in [-0.2, -0.15) is 0 Å².